The molecule has 0 bridgehead atoms. The van der Waals surface area contributed by atoms with Gasteiger partial charge in [-0.15, -0.1) is 0 Å². The Balaban J connectivity index is 2.71. The molecule has 0 spiro atoms. The van der Waals surface area contributed by atoms with Crippen LogP contribution in [0.15, 0.2) is 18.2 Å². The topological polar surface area (TPSA) is 41.6 Å². The fourth-order valence-corrected chi connectivity index (χ4v) is 1.52. The smallest absolute Gasteiger partial charge is 0.259 e. The van der Waals surface area contributed by atoms with Crippen LogP contribution in [0.1, 0.15) is 18.1 Å². The Morgan fingerprint density at radius 2 is 2.11 bits per heavy atom. The highest BCUT2D eigenvalue weighted by Crippen LogP contribution is 2.20. The number of nitrogens with one attached hydrogen (secondary N) is 1. The molecule has 0 aromatic heterocycles. The molecule has 0 aliphatic rings. The highest BCUT2D eigenvalue weighted by molar-refractivity contribution is 5.77. The molecule has 0 heterocycles. The van der Waals surface area contributed by atoms with Gasteiger partial charge >= 0.3 is 0 Å². The van der Waals surface area contributed by atoms with E-state index in [1.165, 1.54) is 10.5 Å². The second-order valence-corrected chi connectivity index (χ2v) is 4.47. The van der Waals surface area contributed by atoms with Crippen molar-refractivity contribution in [2.24, 2.45) is 0 Å². The normalized spacial score (nSPS) is 10.2. The molecule has 1 N–H and O–H groups in total. The summed E-state index contributed by atoms with van der Waals surface area (Å²) in [6, 6.07) is 5.99. The van der Waals surface area contributed by atoms with E-state index in [0.717, 1.165) is 24.4 Å². The van der Waals surface area contributed by atoms with Crippen LogP contribution in [0.25, 0.3) is 0 Å². The molecule has 0 atom stereocenters. The summed E-state index contributed by atoms with van der Waals surface area (Å²) in [4.78, 5) is 13.0. The third-order valence-corrected chi connectivity index (χ3v) is 2.63. The van der Waals surface area contributed by atoms with Crippen LogP contribution in [0.2, 0.25) is 0 Å². The SMILES string of the molecule is CCNCc1cc(C)ccc1OCC(=O)N(C)C. The number of carbonyl (C=O) groups excluding carboxylic acids is 1. The Hall–Kier alpha value is -1.55. The molecule has 0 radical (unpaired) electrons. The van der Waals surface area contributed by atoms with Crippen LogP contribution in [-0.4, -0.2) is 38.1 Å². The van der Waals surface area contributed by atoms with Gasteiger partial charge in [0.15, 0.2) is 6.61 Å². The number of aryl methyl sites for hydroxylation is 1. The molecule has 100 valence electrons. The maximum absolute atomic E-state index is 11.5. The van der Waals surface area contributed by atoms with Crippen LogP contribution in [0, 0.1) is 6.92 Å². The van der Waals surface area contributed by atoms with Crippen LogP contribution in [0.5, 0.6) is 5.75 Å². The molecule has 0 saturated carbocycles. The average molecular weight is 250 g/mol. The van der Waals surface area contributed by atoms with Gasteiger partial charge in [-0.05, 0) is 19.5 Å². The lowest BCUT2D eigenvalue weighted by Crippen LogP contribution is -2.27. The van der Waals surface area contributed by atoms with E-state index in [-0.39, 0.29) is 12.5 Å². The van der Waals surface area contributed by atoms with E-state index in [1.807, 2.05) is 19.1 Å². The fourth-order valence-electron chi connectivity index (χ4n) is 1.52. The van der Waals surface area contributed by atoms with Crippen molar-refractivity contribution < 1.29 is 9.53 Å². The van der Waals surface area contributed by atoms with Gasteiger partial charge in [0.1, 0.15) is 5.75 Å². The maximum atomic E-state index is 11.5. The standard InChI is InChI=1S/C14H22N2O2/c1-5-15-9-12-8-11(2)6-7-13(12)18-10-14(17)16(3)4/h6-8,15H,5,9-10H2,1-4H3. The molecule has 4 heteroatoms. The summed E-state index contributed by atoms with van der Waals surface area (Å²) in [5.74, 6) is 0.738. The number of nitrogens with zero attached hydrogens (tertiary/aromatic N) is 1. The van der Waals surface area contributed by atoms with Gasteiger partial charge in [-0.3, -0.25) is 4.79 Å². The van der Waals surface area contributed by atoms with E-state index in [2.05, 4.69) is 18.3 Å². The van der Waals surface area contributed by atoms with E-state index in [4.69, 9.17) is 4.74 Å². The van der Waals surface area contributed by atoms with Crippen LogP contribution in [-0.2, 0) is 11.3 Å². The zero-order chi connectivity index (χ0) is 13.5. The first-order valence-electron chi connectivity index (χ1n) is 6.17. The third-order valence-electron chi connectivity index (χ3n) is 2.63. The Kier molecular flexibility index (Phi) is 5.65. The van der Waals surface area contributed by atoms with E-state index in [0.29, 0.717) is 0 Å². The molecule has 1 aromatic carbocycles. The summed E-state index contributed by atoms with van der Waals surface area (Å²) in [7, 11) is 3.45. The highest BCUT2D eigenvalue weighted by atomic mass is 16.5. The van der Waals surface area contributed by atoms with E-state index in [9.17, 15) is 4.79 Å². The Labute approximate surface area is 109 Å². The second kappa shape index (κ2) is 7.01. The van der Waals surface area contributed by atoms with Gasteiger partial charge in [0.2, 0.25) is 0 Å². The lowest BCUT2D eigenvalue weighted by molar-refractivity contribution is -0.130. The summed E-state index contributed by atoms with van der Waals surface area (Å²) in [6.45, 7) is 5.85. The number of ether oxygens (including phenoxy) is 1. The molecule has 1 rings (SSSR count). The van der Waals surface area contributed by atoms with Crippen LogP contribution < -0.4 is 10.1 Å². The number of rotatable bonds is 6. The molecule has 1 aromatic rings. The van der Waals surface area contributed by atoms with Crippen molar-refractivity contribution in [3.8, 4) is 5.75 Å². The van der Waals surface area contributed by atoms with Gasteiger partial charge in [-0.1, -0.05) is 24.6 Å². The molecule has 4 nitrogen and oxygen atoms in total. The largest absolute Gasteiger partial charge is 0.483 e. The summed E-state index contributed by atoms with van der Waals surface area (Å²) in [5.41, 5.74) is 2.28. The highest BCUT2D eigenvalue weighted by Gasteiger charge is 2.08. The van der Waals surface area contributed by atoms with Gasteiger partial charge < -0.3 is 15.0 Å². The summed E-state index contributed by atoms with van der Waals surface area (Å²) in [6.07, 6.45) is 0. The van der Waals surface area contributed by atoms with Crippen molar-refractivity contribution in [1.29, 1.82) is 0 Å². The Morgan fingerprint density at radius 1 is 1.39 bits per heavy atom. The number of carbonyl (C=O) groups is 1. The van der Waals surface area contributed by atoms with Crippen LogP contribution >= 0.6 is 0 Å². The minimum Gasteiger partial charge on any atom is -0.483 e. The van der Waals surface area contributed by atoms with Crippen molar-refractivity contribution in [3.05, 3.63) is 29.3 Å². The average Bonchev–Trinajstić information content (AvgIpc) is 2.34. The summed E-state index contributed by atoms with van der Waals surface area (Å²) in [5, 5.41) is 3.27. The zero-order valence-electron chi connectivity index (χ0n) is 11.6. The van der Waals surface area contributed by atoms with Gasteiger partial charge in [0.05, 0.1) is 0 Å². The second-order valence-electron chi connectivity index (χ2n) is 4.47. The third kappa shape index (κ3) is 4.37. The molecule has 0 aliphatic carbocycles. The van der Waals surface area contributed by atoms with Crippen LogP contribution in [0.4, 0.5) is 0 Å². The summed E-state index contributed by atoms with van der Waals surface area (Å²) < 4.78 is 5.58. The lowest BCUT2D eigenvalue weighted by atomic mass is 10.1. The Morgan fingerprint density at radius 3 is 2.72 bits per heavy atom. The first kappa shape index (κ1) is 14.5. The van der Waals surface area contributed by atoms with Crippen LogP contribution in [0.3, 0.4) is 0 Å². The molecular weight excluding hydrogens is 228 g/mol. The monoisotopic (exact) mass is 250 g/mol. The predicted molar refractivity (Wildman–Crippen MR) is 72.7 cm³/mol. The minimum atomic E-state index is -0.0371. The van der Waals surface area contributed by atoms with E-state index < -0.39 is 0 Å². The molecule has 18 heavy (non-hydrogen) atoms. The molecule has 0 fully saturated rings. The predicted octanol–water partition coefficient (Wildman–Crippen LogP) is 1.57. The fraction of sp³-hybridized carbons (Fsp3) is 0.500. The summed E-state index contributed by atoms with van der Waals surface area (Å²) >= 11 is 0. The molecule has 0 saturated heterocycles. The number of amides is 1. The van der Waals surface area contributed by atoms with E-state index in [1.54, 1.807) is 14.1 Å². The number of hydrogen-bond donors (Lipinski definition) is 1. The molecule has 0 aliphatic heterocycles. The molecule has 1 amide bonds. The van der Waals surface area contributed by atoms with Gasteiger partial charge in [-0.25, -0.2) is 0 Å². The van der Waals surface area contributed by atoms with Gasteiger partial charge in [-0.2, -0.15) is 0 Å². The zero-order valence-corrected chi connectivity index (χ0v) is 11.6. The minimum absolute atomic E-state index is 0.0371. The van der Waals surface area contributed by atoms with Crippen molar-refractivity contribution in [3.63, 3.8) is 0 Å². The molecular formula is C14H22N2O2. The molecule has 0 unspecified atom stereocenters. The number of benzene rings is 1. The first-order chi connectivity index (χ1) is 8.54. The lowest BCUT2D eigenvalue weighted by Gasteiger charge is -2.14. The van der Waals surface area contributed by atoms with Crippen molar-refractivity contribution in [1.82, 2.24) is 10.2 Å². The first-order valence-corrected chi connectivity index (χ1v) is 6.17. The van der Waals surface area contributed by atoms with Gasteiger partial charge in [0.25, 0.3) is 5.91 Å². The quantitative estimate of drug-likeness (QED) is 0.833. The Bertz CT molecular complexity index is 403. The van der Waals surface area contributed by atoms with Crippen molar-refractivity contribution >= 4 is 5.91 Å². The van der Waals surface area contributed by atoms with Crippen molar-refractivity contribution in [2.45, 2.75) is 20.4 Å². The van der Waals surface area contributed by atoms with Crippen molar-refractivity contribution in [2.75, 3.05) is 27.2 Å². The maximum Gasteiger partial charge on any atom is 0.259 e. The van der Waals surface area contributed by atoms with Gasteiger partial charge in [0, 0.05) is 26.2 Å². The number of hydrogen-bond acceptors (Lipinski definition) is 3. The number of likely N-dealkylation sites (N-methyl/N-ethyl adjacent to an activating group) is 1. The van der Waals surface area contributed by atoms with E-state index >= 15 is 0 Å².